The Morgan fingerprint density at radius 3 is 2.06 bits per heavy atom. The predicted molar refractivity (Wildman–Crippen MR) is 51.9 cm³/mol. The fourth-order valence-corrected chi connectivity index (χ4v) is 1.92. The Morgan fingerprint density at radius 1 is 0.938 bits per heavy atom. The summed E-state index contributed by atoms with van der Waals surface area (Å²) >= 11 is 0. The van der Waals surface area contributed by atoms with E-state index in [1.54, 1.807) is 0 Å². The molecule has 3 nitrogen and oxygen atoms in total. The molecule has 0 atom stereocenters. The maximum absolute atomic E-state index is 13.1. The normalized spacial score (nSPS) is 11.9. The number of rotatable bonds is 4. The summed E-state index contributed by atoms with van der Waals surface area (Å²) in [5.41, 5.74) is -0.0582. The molecule has 0 aliphatic heterocycles. The molecule has 16 heavy (non-hydrogen) atoms. The Bertz CT molecular complexity index is 379. The molecular weight excluding hydrogens is 241 g/mol. The summed E-state index contributed by atoms with van der Waals surface area (Å²) in [4.78, 5) is 26.1. The Kier molecular flexibility index (Phi) is 4.08. The molecule has 1 aromatic rings. The van der Waals surface area contributed by atoms with Gasteiger partial charge in [-0.2, -0.15) is 0 Å². The molecule has 0 aromatic heterocycles. The molecular formula is C9H11F3O3Si. The van der Waals surface area contributed by atoms with Gasteiger partial charge in [0.2, 0.25) is 0 Å². The molecule has 1 aromatic carbocycles. The molecule has 0 bridgehead atoms. The molecule has 0 saturated carbocycles. The van der Waals surface area contributed by atoms with E-state index in [-0.39, 0.29) is 24.4 Å². The Labute approximate surface area is 91.2 Å². The zero-order valence-electron chi connectivity index (χ0n) is 8.25. The minimum Gasteiger partial charge on any atom is -0.390 e. The summed E-state index contributed by atoms with van der Waals surface area (Å²) in [6.45, 7) is 0. The van der Waals surface area contributed by atoms with E-state index in [1.165, 1.54) is 0 Å². The van der Waals surface area contributed by atoms with E-state index in [9.17, 15) is 13.2 Å². The molecule has 90 valence electrons. The van der Waals surface area contributed by atoms with Gasteiger partial charge in [-0.3, -0.25) is 0 Å². The lowest BCUT2D eigenvalue weighted by atomic mass is 10.1. The summed E-state index contributed by atoms with van der Waals surface area (Å²) in [6, 6.07) is 0.887. The van der Waals surface area contributed by atoms with E-state index in [0.717, 1.165) is 6.07 Å². The SMILES string of the molecule is O[Si](O)(O)CCCc1cc(F)c(F)cc1F. The van der Waals surface area contributed by atoms with E-state index in [4.69, 9.17) is 14.4 Å². The molecule has 0 amide bonds. The van der Waals surface area contributed by atoms with Crippen LogP contribution in [0.5, 0.6) is 0 Å². The maximum Gasteiger partial charge on any atom is 0.492 e. The van der Waals surface area contributed by atoms with Crippen molar-refractivity contribution >= 4 is 8.80 Å². The Morgan fingerprint density at radius 2 is 1.50 bits per heavy atom. The van der Waals surface area contributed by atoms with Crippen LogP contribution in [0.15, 0.2) is 12.1 Å². The maximum atomic E-state index is 13.1. The van der Waals surface area contributed by atoms with Crippen molar-refractivity contribution in [3.05, 3.63) is 35.1 Å². The lowest BCUT2D eigenvalue weighted by Crippen LogP contribution is -2.34. The standard InChI is InChI=1S/C9H11F3O3Si/c10-7-5-9(12)8(11)4-6(7)2-1-3-16(13,14)15/h4-5,13-15H,1-3H2. The van der Waals surface area contributed by atoms with E-state index >= 15 is 0 Å². The van der Waals surface area contributed by atoms with Gasteiger partial charge in [0.15, 0.2) is 11.6 Å². The molecule has 3 N–H and O–H groups in total. The first-order valence-corrected chi connectivity index (χ1v) is 6.65. The molecule has 0 fully saturated rings. The second-order valence-corrected chi connectivity index (χ2v) is 5.53. The highest BCUT2D eigenvalue weighted by molar-refractivity contribution is 6.56. The Hall–Kier alpha value is -0.893. The highest BCUT2D eigenvalue weighted by Crippen LogP contribution is 2.16. The highest BCUT2D eigenvalue weighted by atomic mass is 28.4. The van der Waals surface area contributed by atoms with Gasteiger partial charge in [-0.25, -0.2) is 13.2 Å². The average Bonchev–Trinajstić information content (AvgIpc) is 2.11. The van der Waals surface area contributed by atoms with Gasteiger partial charge in [0.25, 0.3) is 0 Å². The van der Waals surface area contributed by atoms with Crippen LogP contribution < -0.4 is 0 Å². The van der Waals surface area contributed by atoms with Gasteiger partial charge in [-0.05, 0) is 24.5 Å². The number of halogens is 3. The van der Waals surface area contributed by atoms with Crippen LogP contribution in [0.1, 0.15) is 12.0 Å². The quantitative estimate of drug-likeness (QED) is 0.552. The first-order valence-electron chi connectivity index (χ1n) is 4.60. The average molecular weight is 252 g/mol. The topological polar surface area (TPSA) is 60.7 Å². The molecule has 0 unspecified atom stereocenters. The summed E-state index contributed by atoms with van der Waals surface area (Å²) in [5, 5.41) is 0. The van der Waals surface area contributed by atoms with Crippen molar-refractivity contribution in [1.29, 1.82) is 0 Å². The largest absolute Gasteiger partial charge is 0.492 e. The third-order valence-electron chi connectivity index (χ3n) is 2.05. The minimum atomic E-state index is -4.14. The summed E-state index contributed by atoms with van der Waals surface area (Å²) in [6.07, 6.45) is 0.0805. The number of benzene rings is 1. The fourth-order valence-electron chi connectivity index (χ4n) is 1.27. The van der Waals surface area contributed by atoms with Gasteiger partial charge in [-0.1, -0.05) is 0 Å². The van der Waals surface area contributed by atoms with Crippen LogP contribution in [-0.4, -0.2) is 23.2 Å². The zero-order valence-corrected chi connectivity index (χ0v) is 9.25. The van der Waals surface area contributed by atoms with Crippen LogP contribution in [-0.2, 0) is 6.42 Å². The highest BCUT2D eigenvalue weighted by Gasteiger charge is 2.25. The minimum absolute atomic E-state index is 0.000532. The van der Waals surface area contributed by atoms with Gasteiger partial charge >= 0.3 is 8.80 Å². The van der Waals surface area contributed by atoms with Crippen LogP contribution in [0.3, 0.4) is 0 Å². The first kappa shape index (κ1) is 13.2. The van der Waals surface area contributed by atoms with Crippen LogP contribution in [0.2, 0.25) is 6.04 Å². The molecule has 0 aliphatic carbocycles. The van der Waals surface area contributed by atoms with Crippen molar-refractivity contribution in [2.75, 3.05) is 0 Å². The summed E-state index contributed by atoms with van der Waals surface area (Å²) in [7, 11) is -4.14. The molecule has 1 rings (SSSR count). The van der Waals surface area contributed by atoms with Crippen LogP contribution in [0.4, 0.5) is 13.2 Å². The molecule has 0 aliphatic rings. The summed E-state index contributed by atoms with van der Waals surface area (Å²) in [5.74, 6) is -3.31. The molecule has 0 heterocycles. The monoisotopic (exact) mass is 252 g/mol. The second-order valence-electron chi connectivity index (χ2n) is 3.49. The van der Waals surface area contributed by atoms with E-state index < -0.39 is 26.3 Å². The third-order valence-corrected chi connectivity index (χ3v) is 3.07. The van der Waals surface area contributed by atoms with Crippen molar-refractivity contribution in [1.82, 2.24) is 0 Å². The van der Waals surface area contributed by atoms with Crippen LogP contribution in [0.25, 0.3) is 0 Å². The molecule has 7 heteroatoms. The van der Waals surface area contributed by atoms with E-state index in [0.29, 0.717) is 6.07 Å². The molecule has 0 saturated heterocycles. The van der Waals surface area contributed by atoms with Crippen LogP contribution >= 0.6 is 0 Å². The van der Waals surface area contributed by atoms with Crippen LogP contribution in [0, 0.1) is 17.5 Å². The third kappa shape index (κ3) is 3.93. The summed E-state index contributed by atoms with van der Waals surface area (Å²) < 4.78 is 38.3. The van der Waals surface area contributed by atoms with Crippen molar-refractivity contribution in [2.45, 2.75) is 18.9 Å². The smallest absolute Gasteiger partial charge is 0.390 e. The molecule has 0 spiro atoms. The lowest BCUT2D eigenvalue weighted by molar-refractivity contribution is 0.226. The van der Waals surface area contributed by atoms with Crippen molar-refractivity contribution in [3.63, 3.8) is 0 Å². The van der Waals surface area contributed by atoms with Gasteiger partial charge in [-0.15, -0.1) is 0 Å². The predicted octanol–water partition coefficient (Wildman–Crippen LogP) is 0.952. The number of hydrogen-bond acceptors (Lipinski definition) is 3. The van der Waals surface area contributed by atoms with Gasteiger partial charge in [0, 0.05) is 12.1 Å². The fraction of sp³-hybridized carbons (Fsp3) is 0.333. The van der Waals surface area contributed by atoms with E-state index in [2.05, 4.69) is 0 Å². The lowest BCUT2D eigenvalue weighted by Gasteiger charge is -2.09. The van der Waals surface area contributed by atoms with Crippen molar-refractivity contribution in [3.8, 4) is 0 Å². The Balaban J connectivity index is 2.64. The van der Waals surface area contributed by atoms with E-state index in [1.807, 2.05) is 0 Å². The number of hydrogen-bond donors (Lipinski definition) is 3. The van der Waals surface area contributed by atoms with Gasteiger partial charge in [0.05, 0.1) is 0 Å². The van der Waals surface area contributed by atoms with Gasteiger partial charge in [0.1, 0.15) is 5.82 Å². The zero-order chi connectivity index (χ0) is 12.3. The van der Waals surface area contributed by atoms with Gasteiger partial charge < -0.3 is 14.4 Å². The second kappa shape index (κ2) is 4.96. The number of aryl methyl sites for hydroxylation is 1. The van der Waals surface area contributed by atoms with Crippen molar-refractivity contribution in [2.24, 2.45) is 0 Å². The molecule has 0 radical (unpaired) electrons. The first-order chi connectivity index (χ1) is 7.29. The van der Waals surface area contributed by atoms with Crippen molar-refractivity contribution < 1.29 is 27.6 Å².